The topological polar surface area (TPSA) is 35.5 Å². The highest BCUT2D eigenvalue weighted by atomic mass is 16.3. The number of phenolic OH excluding ortho intramolecular Hbond substituents is 1. The highest BCUT2D eigenvalue weighted by molar-refractivity contribution is 5.51. The molecular weight excluding hydrogens is 248 g/mol. The fourth-order valence-electron chi connectivity index (χ4n) is 4.17. The standard InChI is InChI=1S/C17H26N2O/c1-11-6-7-15(20)17-14(9-12(2)16(11)17)19-8-4-5-13(10-19)18-3/h6-7,12-14,18,20H,4-5,8-10H2,1-3H3. The van der Waals surface area contributed by atoms with Gasteiger partial charge in [0.25, 0.3) is 0 Å². The summed E-state index contributed by atoms with van der Waals surface area (Å²) in [6, 6.07) is 4.92. The van der Waals surface area contributed by atoms with Crippen LogP contribution in [0, 0.1) is 6.92 Å². The van der Waals surface area contributed by atoms with Crippen molar-refractivity contribution >= 4 is 0 Å². The summed E-state index contributed by atoms with van der Waals surface area (Å²) in [6.07, 6.45) is 3.66. The van der Waals surface area contributed by atoms with E-state index in [1.165, 1.54) is 29.5 Å². The van der Waals surface area contributed by atoms with Gasteiger partial charge >= 0.3 is 0 Å². The summed E-state index contributed by atoms with van der Waals surface area (Å²) in [7, 11) is 2.06. The fourth-order valence-corrected chi connectivity index (χ4v) is 4.17. The van der Waals surface area contributed by atoms with Crippen LogP contribution in [-0.2, 0) is 0 Å². The van der Waals surface area contributed by atoms with Crippen LogP contribution in [0.5, 0.6) is 5.75 Å². The predicted molar refractivity (Wildman–Crippen MR) is 82.3 cm³/mol. The van der Waals surface area contributed by atoms with E-state index in [1.807, 2.05) is 6.07 Å². The van der Waals surface area contributed by atoms with Gasteiger partial charge in [0.05, 0.1) is 0 Å². The molecule has 0 saturated carbocycles. The van der Waals surface area contributed by atoms with Gasteiger partial charge in [-0.25, -0.2) is 0 Å². The molecule has 2 N–H and O–H groups in total. The Kier molecular flexibility index (Phi) is 3.74. The summed E-state index contributed by atoms with van der Waals surface area (Å²) in [4.78, 5) is 2.58. The molecule has 1 aliphatic carbocycles. The second-order valence-electron chi connectivity index (χ2n) is 6.50. The third-order valence-electron chi connectivity index (χ3n) is 5.19. The minimum Gasteiger partial charge on any atom is -0.508 e. The number of nitrogens with zero attached hydrogens (tertiary/aromatic N) is 1. The van der Waals surface area contributed by atoms with Crippen molar-refractivity contribution in [2.75, 3.05) is 20.1 Å². The quantitative estimate of drug-likeness (QED) is 0.870. The van der Waals surface area contributed by atoms with Crippen molar-refractivity contribution in [3.63, 3.8) is 0 Å². The molecule has 1 aromatic carbocycles. The van der Waals surface area contributed by atoms with E-state index in [0.29, 0.717) is 23.8 Å². The maximum atomic E-state index is 10.4. The number of hydrogen-bond donors (Lipinski definition) is 2. The number of hydrogen-bond acceptors (Lipinski definition) is 3. The molecule has 3 heteroatoms. The highest BCUT2D eigenvalue weighted by Gasteiger charge is 2.37. The first kappa shape index (κ1) is 13.9. The Morgan fingerprint density at radius 1 is 1.30 bits per heavy atom. The summed E-state index contributed by atoms with van der Waals surface area (Å²) in [5.74, 6) is 1.04. The zero-order valence-electron chi connectivity index (χ0n) is 12.8. The predicted octanol–water partition coefficient (Wildman–Crippen LogP) is 2.93. The van der Waals surface area contributed by atoms with Gasteiger partial charge < -0.3 is 10.4 Å². The van der Waals surface area contributed by atoms with E-state index < -0.39 is 0 Å². The number of benzene rings is 1. The van der Waals surface area contributed by atoms with Crippen LogP contribution in [0.15, 0.2) is 12.1 Å². The third-order valence-corrected chi connectivity index (χ3v) is 5.19. The van der Waals surface area contributed by atoms with Crippen LogP contribution in [0.1, 0.15) is 54.8 Å². The lowest BCUT2D eigenvalue weighted by Crippen LogP contribution is -2.45. The Bertz CT molecular complexity index is 500. The lowest BCUT2D eigenvalue weighted by molar-refractivity contribution is 0.135. The summed E-state index contributed by atoms with van der Waals surface area (Å²) in [5, 5.41) is 13.8. The van der Waals surface area contributed by atoms with Crippen LogP contribution in [0.3, 0.4) is 0 Å². The van der Waals surface area contributed by atoms with Crippen LogP contribution >= 0.6 is 0 Å². The SMILES string of the molecule is CNC1CCCN(C2CC(C)c3c(C)ccc(O)c32)C1. The third kappa shape index (κ3) is 2.23. The van der Waals surface area contributed by atoms with Crippen LogP contribution in [-0.4, -0.2) is 36.2 Å². The van der Waals surface area contributed by atoms with Crippen molar-refractivity contribution in [1.29, 1.82) is 0 Å². The van der Waals surface area contributed by atoms with E-state index in [-0.39, 0.29) is 0 Å². The smallest absolute Gasteiger partial charge is 0.120 e. The molecule has 1 fully saturated rings. The fraction of sp³-hybridized carbons (Fsp3) is 0.647. The number of aromatic hydroxyl groups is 1. The van der Waals surface area contributed by atoms with Gasteiger partial charge in [-0.2, -0.15) is 0 Å². The van der Waals surface area contributed by atoms with Crippen molar-refractivity contribution in [1.82, 2.24) is 10.2 Å². The Morgan fingerprint density at radius 2 is 2.10 bits per heavy atom. The average Bonchev–Trinajstić information content (AvgIpc) is 2.82. The van der Waals surface area contributed by atoms with Gasteiger partial charge in [0.1, 0.15) is 5.75 Å². The van der Waals surface area contributed by atoms with Gasteiger partial charge in [-0.1, -0.05) is 13.0 Å². The van der Waals surface area contributed by atoms with Crippen molar-refractivity contribution < 1.29 is 5.11 Å². The molecule has 0 radical (unpaired) electrons. The van der Waals surface area contributed by atoms with Gasteiger partial charge in [0, 0.05) is 24.2 Å². The second kappa shape index (κ2) is 5.38. The minimum atomic E-state index is 0.399. The monoisotopic (exact) mass is 274 g/mol. The molecule has 1 saturated heterocycles. The van der Waals surface area contributed by atoms with E-state index in [4.69, 9.17) is 0 Å². The largest absolute Gasteiger partial charge is 0.508 e. The minimum absolute atomic E-state index is 0.399. The van der Waals surface area contributed by atoms with Crippen LogP contribution in [0.25, 0.3) is 0 Å². The molecule has 0 amide bonds. The maximum Gasteiger partial charge on any atom is 0.120 e. The molecule has 20 heavy (non-hydrogen) atoms. The molecule has 3 unspecified atom stereocenters. The molecular formula is C17H26N2O. The van der Waals surface area contributed by atoms with Gasteiger partial charge in [-0.15, -0.1) is 0 Å². The van der Waals surface area contributed by atoms with Crippen LogP contribution < -0.4 is 5.32 Å². The number of fused-ring (bicyclic) bond motifs is 1. The molecule has 3 atom stereocenters. The van der Waals surface area contributed by atoms with Crippen molar-refractivity contribution in [2.45, 2.75) is 51.1 Å². The van der Waals surface area contributed by atoms with E-state index >= 15 is 0 Å². The normalized spacial score (nSPS) is 30.4. The van der Waals surface area contributed by atoms with E-state index in [1.54, 1.807) is 0 Å². The number of piperidine rings is 1. The average molecular weight is 274 g/mol. The van der Waals surface area contributed by atoms with Gasteiger partial charge in [-0.05, 0) is 62.9 Å². The summed E-state index contributed by atoms with van der Waals surface area (Å²) >= 11 is 0. The summed E-state index contributed by atoms with van der Waals surface area (Å²) in [6.45, 7) is 6.72. The first-order chi connectivity index (χ1) is 9.61. The van der Waals surface area contributed by atoms with Crippen LogP contribution in [0.4, 0.5) is 0 Å². The molecule has 3 rings (SSSR count). The van der Waals surface area contributed by atoms with Crippen molar-refractivity contribution in [3.05, 3.63) is 28.8 Å². The zero-order valence-corrected chi connectivity index (χ0v) is 12.8. The van der Waals surface area contributed by atoms with Gasteiger partial charge in [-0.3, -0.25) is 4.90 Å². The molecule has 1 aliphatic heterocycles. The van der Waals surface area contributed by atoms with E-state index in [9.17, 15) is 5.11 Å². The molecule has 2 aliphatic rings. The maximum absolute atomic E-state index is 10.4. The van der Waals surface area contributed by atoms with Crippen molar-refractivity contribution in [3.8, 4) is 5.75 Å². The lowest BCUT2D eigenvalue weighted by atomic mass is 9.97. The first-order valence-corrected chi connectivity index (χ1v) is 7.85. The lowest BCUT2D eigenvalue weighted by Gasteiger charge is -2.37. The number of likely N-dealkylation sites (N-methyl/N-ethyl adjacent to an activating group) is 1. The summed E-state index contributed by atoms with van der Waals surface area (Å²) in [5.41, 5.74) is 3.92. The van der Waals surface area contributed by atoms with Crippen LogP contribution in [0.2, 0.25) is 0 Å². The number of nitrogens with one attached hydrogen (secondary N) is 1. The van der Waals surface area contributed by atoms with Crippen molar-refractivity contribution in [2.24, 2.45) is 0 Å². The molecule has 1 aromatic rings. The Hall–Kier alpha value is -1.06. The zero-order chi connectivity index (χ0) is 14.3. The van der Waals surface area contributed by atoms with E-state index in [2.05, 4.69) is 37.2 Å². The summed E-state index contributed by atoms with van der Waals surface area (Å²) < 4.78 is 0. The molecule has 0 aromatic heterocycles. The van der Waals surface area contributed by atoms with Gasteiger partial charge in [0.15, 0.2) is 0 Å². The highest BCUT2D eigenvalue weighted by Crippen LogP contribution is 2.49. The Morgan fingerprint density at radius 3 is 2.85 bits per heavy atom. The number of aryl methyl sites for hydroxylation is 1. The second-order valence-corrected chi connectivity index (χ2v) is 6.50. The number of rotatable bonds is 2. The Labute approximate surface area is 122 Å². The Balaban J connectivity index is 1.93. The molecule has 110 valence electrons. The molecule has 0 spiro atoms. The molecule has 1 heterocycles. The van der Waals surface area contributed by atoms with E-state index in [0.717, 1.165) is 19.5 Å². The number of likely N-dealkylation sites (tertiary alicyclic amines) is 1. The molecule has 3 nitrogen and oxygen atoms in total. The number of phenols is 1. The molecule has 0 bridgehead atoms. The van der Waals surface area contributed by atoms with Gasteiger partial charge in [0.2, 0.25) is 0 Å². The first-order valence-electron chi connectivity index (χ1n) is 7.85.